The highest BCUT2D eigenvalue weighted by atomic mass is 16.2. The third-order valence-corrected chi connectivity index (χ3v) is 2.63. The van der Waals surface area contributed by atoms with Gasteiger partial charge in [-0.15, -0.1) is 0 Å². The van der Waals surface area contributed by atoms with Crippen LogP contribution in [0, 0.1) is 0 Å². The summed E-state index contributed by atoms with van der Waals surface area (Å²) in [7, 11) is 0. The number of anilines is 2. The van der Waals surface area contributed by atoms with Crippen LogP contribution in [0.5, 0.6) is 0 Å². The number of hydrogen-bond acceptors (Lipinski definition) is 2. The Bertz CT molecular complexity index is 619. The van der Waals surface area contributed by atoms with Gasteiger partial charge in [-0.1, -0.05) is 24.8 Å². The average Bonchev–Trinajstić information content (AvgIpc) is 2.50. The molecule has 100 valence electrons. The Kier molecular flexibility index (Phi) is 4.29. The molecule has 20 heavy (non-hydrogen) atoms. The van der Waals surface area contributed by atoms with Crippen molar-refractivity contribution < 1.29 is 9.59 Å². The first kappa shape index (κ1) is 13.5. The molecule has 0 saturated carbocycles. The van der Waals surface area contributed by atoms with Gasteiger partial charge in [0.15, 0.2) is 0 Å². The summed E-state index contributed by atoms with van der Waals surface area (Å²) in [5.41, 5.74) is 1.90. The molecule has 0 spiro atoms. The lowest BCUT2D eigenvalue weighted by Crippen LogP contribution is -2.12. The topological polar surface area (TPSA) is 58.2 Å². The maximum atomic E-state index is 11.9. The summed E-state index contributed by atoms with van der Waals surface area (Å²) in [4.78, 5) is 23.1. The zero-order chi connectivity index (χ0) is 14.4. The molecule has 2 rings (SSSR count). The van der Waals surface area contributed by atoms with Crippen LogP contribution in [-0.2, 0) is 4.79 Å². The van der Waals surface area contributed by atoms with Crippen LogP contribution < -0.4 is 10.6 Å². The zero-order valence-electron chi connectivity index (χ0n) is 10.8. The predicted molar refractivity (Wildman–Crippen MR) is 79.7 cm³/mol. The van der Waals surface area contributed by atoms with Crippen LogP contribution in [0.2, 0.25) is 0 Å². The van der Waals surface area contributed by atoms with Crippen molar-refractivity contribution in [2.75, 3.05) is 10.6 Å². The molecule has 0 aromatic heterocycles. The third kappa shape index (κ3) is 3.55. The summed E-state index contributed by atoms with van der Waals surface area (Å²) in [5, 5.41) is 5.42. The van der Waals surface area contributed by atoms with E-state index in [1.807, 2.05) is 18.2 Å². The molecule has 0 saturated heterocycles. The average molecular weight is 266 g/mol. The fraction of sp³-hybridized carbons (Fsp3) is 0. The smallest absolute Gasteiger partial charge is 0.255 e. The fourth-order valence-corrected chi connectivity index (χ4v) is 1.62. The van der Waals surface area contributed by atoms with E-state index >= 15 is 0 Å². The van der Waals surface area contributed by atoms with E-state index in [0.29, 0.717) is 16.9 Å². The van der Waals surface area contributed by atoms with E-state index in [4.69, 9.17) is 0 Å². The van der Waals surface area contributed by atoms with Crippen molar-refractivity contribution in [2.45, 2.75) is 0 Å². The number of carbonyl (C=O) groups is 2. The first-order valence-electron chi connectivity index (χ1n) is 6.09. The van der Waals surface area contributed by atoms with Gasteiger partial charge in [-0.05, 0) is 42.5 Å². The lowest BCUT2D eigenvalue weighted by atomic mass is 10.2. The van der Waals surface area contributed by atoms with E-state index in [1.165, 1.54) is 6.08 Å². The summed E-state index contributed by atoms with van der Waals surface area (Å²) in [5.74, 6) is -0.445. The molecular weight excluding hydrogens is 252 g/mol. The van der Waals surface area contributed by atoms with E-state index < -0.39 is 0 Å². The maximum Gasteiger partial charge on any atom is 0.255 e. The first-order valence-corrected chi connectivity index (χ1v) is 6.09. The van der Waals surface area contributed by atoms with Crippen molar-refractivity contribution in [3.63, 3.8) is 0 Å². The molecule has 0 fully saturated rings. The van der Waals surface area contributed by atoms with Gasteiger partial charge in [0.25, 0.3) is 5.91 Å². The largest absolute Gasteiger partial charge is 0.323 e. The summed E-state index contributed by atoms with van der Waals surface area (Å²) in [6.07, 6.45) is 1.20. The van der Waals surface area contributed by atoms with Crippen molar-refractivity contribution in [3.8, 4) is 0 Å². The van der Waals surface area contributed by atoms with Crippen LogP contribution in [-0.4, -0.2) is 11.8 Å². The van der Waals surface area contributed by atoms with Crippen LogP contribution in [0.4, 0.5) is 11.4 Å². The van der Waals surface area contributed by atoms with E-state index in [2.05, 4.69) is 17.2 Å². The molecule has 2 aromatic carbocycles. The summed E-state index contributed by atoms with van der Waals surface area (Å²) < 4.78 is 0. The quantitative estimate of drug-likeness (QED) is 0.835. The molecule has 0 unspecified atom stereocenters. The Morgan fingerprint density at radius 1 is 0.850 bits per heavy atom. The molecule has 0 bridgehead atoms. The molecule has 0 aliphatic heterocycles. The summed E-state index contributed by atoms with van der Waals surface area (Å²) >= 11 is 0. The molecule has 2 amide bonds. The zero-order valence-corrected chi connectivity index (χ0v) is 10.8. The summed E-state index contributed by atoms with van der Waals surface area (Å²) in [6.45, 7) is 3.38. The van der Waals surface area contributed by atoms with Gasteiger partial charge in [-0.25, -0.2) is 0 Å². The van der Waals surface area contributed by atoms with E-state index in [-0.39, 0.29) is 11.8 Å². The van der Waals surface area contributed by atoms with Crippen LogP contribution >= 0.6 is 0 Å². The number of carbonyl (C=O) groups excluding carboxylic acids is 2. The molecule has 0 atom stereocenters. The first-order chi connectivity index (χ1) is 9.69. The van der Waals surface area contributed by atoms with Gasteiger partial charge in [0.05, 0.1) is 0 Å². The summed E-state index contributed by atoms with van der Waals surface area (Å²) in [6, 6.07) is 15.8. The lowest BCUT2D eigenvalue weighted by Gasteiger charge is -2.07. The highest BCUT2D eigenvalue weighted by molar-refractivity contribution is 6.04. The van der Waals surface area contributed by atoms with Gasteiger partial charge >= 0.3 is 0 Å². The Hall–Kier alpha value is -2.88. The highest BCUT2D eigenvalue weighted by Gasteiger charge is 2.05. The monoisotopic (exact) mass is 266 g/mol. The molecule has 4 nitrogen and oxygen atoms in total. The predicted octanol–water partition coefficient (Wildman–Crippen LogP) is 3.06. The van der Waals surface area contributed by atoms with Gasteiger partial charge in [0.2, 0.25) is 5.91 Å². The van der Waals surface area contributed by atoms with E-state index in [1.54, 1.807) is 36.4 Å². The standard InChI is InChI=1S/C16H14N2O2/c1-2-15(19)17-13-8-10-14(11-9-13)18-16(20)12-6-4-3-5-7-12/h2-11H,1H2,(H,17,19)(H,18,20). The second-order valence-electron chi connectivity index (χ2n) is 4.09. The van der Waals surface area contributed by atoms with Gasteiger partial charge < -0.3 is 10.6 Å². The van der Waals surface area contributed by atoms with Crippen LogP contribution in [0.25, 0.3) is 0 Å². The number of nitrogens with one attached hydrogen (secondary N) is 2. The SMILES string of the molecule is C=CC(=O)Nc1ccc(NC(=O)c2ccccc2)cc1. The van der Waals surface area contributed by atoms with Crippen LogP contribution in [0.1, 0.15) is 10.4 Å². The molecular formula is C16H14N2O2. The second-order valence-corrected chi connectivity index (χ2v) is 4.09. The number of benzene rings is 2. The minimum absolute atomic E-state index is 0.173. The second kappa shape index (κ2) is 6.33. The lowest BCUT2D eigenvalue weighted by molar-refractivity contribution is -0.111. The van der Waals surface area contributed by atoms with Crippen molar-refractivity contribution in [1.82, 2.24) is 0 Å². The third-order valence-electron chi connectivity index (χ3n) is 2.63. The number of hydrogen-bond donors (Lipinski definition) is 2. The number of amides is 2. The van der Waals surface area contributed by atoms with Crippen molar-refractivity contribution in [1.29, 1.82) is 0 Å². The van der Waals surface area contributed by atoms with Gasteiger partial charge in [0, 0.05) is 16.9 Å². The maximum absolute atomic E-state index is 11.9. The molecule has 0 radical (unpaired) electrons. The Balaban J connectivity index is 2.02. The van der Waals surface area contributed by atoms with E-state index in [0.717, 1.165) is 0 Å². The van der Waals surface area contributed by atoms with Crippen molar-refractivity contribution >= 4 is 23.2 Å². The highest BCUT2D eigenvalue weighted by Crippen LogP contribution is 2.14. The fourth-order valence-electron chi connectivity index (χ4n) is 1.62. The normalized spacial score (nSPS) is 9.60. The molecule has 0 aliphatic rings. The van der Waals surface area contributed by atoms with Crippen LogP contribution in [0.3, 0.4) is 0 Å². The minimum atomic E-state index is -0.272. The molecule has 2 N–H and O–H groups in total. The Labute approximate surface area is 117 Å². The Morgan fingerprint density at radius 2 is 1.40 bits per heavy atom. The van der Waals surface area contributed by atoms with Crippen LogP contribution in [0.15, 0.2) is 67.3 Å². The van der Waals surface area contributed by atoms with Crippen molar-refractivity contribution in [2.24, 2.45) is 0 Å². The Morgan fingerprint density at radius 3 is 1.95 bits per heavy atom. The van der Waals surface area contributed by atoms with Gasteiger partial charge in [-0.2, -0.15) is 0 Å². The van der Waals surface area contributed by atoms with E-state index in [9.17, 15) is 9.59 Å². The molecule has 0 heterocycles. The van der Waals surface area contributed by atoms with Gasteiger partial charge in [-0.3, -0.25) is 9.59 Å². The number of rotatable bonds is 4. The molecule has 0 aliphatic carbocycles. The van der Waals surface area contributed by atoms with Crippen molar-refractivity contribution in [3.05, 3.63) is 72.8 Å². The molecule has 2 aromatic rings. The molecule has 4 heteroatoms. The minimum Gasteiger partial charge on any atom is -0.323 e. The van der Waals surface area contributed by atoms with Gasteiger partial charge in [0.1, 0.15) is 0 Å².